The molecule has 0 heterocycles. The molecule has 0 fully saturated rings. The van der Waals surface area contributed by atoms with Crippen LogP contribution in [0.1, 0.15) is 11.1 Å². The molecular weight excluding hydrogens is 196 g/mol. The summed E-state index contributed by atoms with van der Waals surface area (Å²) in [5.41, 5.74) is 6.41. The Morgan fingerprint density at radius 1 is 1.47 bits per heavy atom. The molecule has 0 aliphatic carbocycles. The molecule has 1 aromatic carbocycles. The van der Waals surface area contributed by atoms with E-state index in [0.717, 1.165) is 17.3 Å². The van der Waals surface area contributed by atoms with Gasteiger partial charge in [-0.1, -0.05) is 29.4 Å². The van der Waals surface area contributed by atoms with Crippen LogP contribution < -0.4 is 5.73 Å². The molecular formula is C10H12N2O3. The number of oxime groups is 1. The third kappa shape index (κ3) is 3.78. The Kier molecular flexibility index (Phi) is 4.30. The van der Waals surface area contributed by atoms with Crippen molar-refractivity contribution in [2.24, 2.45) is 10.9 Å². The van der Waals surface area contributed by atoms with Crippen LogP contribution in [0, 0.1) is 0 Å². The molecule has 5 nitrogen and oxygen atoms in total. The van der Waals surface area contributed by atoms with Crippen LogP contribution in [-0.4, -0.2) is 17.2 Å². The number of carbonyl (C=O) groups excluding carboxylic acids is 1. The number of hydrogen-bond acceptors (Lipinski definition) is 4. The van der Waals surface area contributed by atoms with E-state index in [2.05, 4.69) is 5.16 Å². The zero-order valence-electron chi connectivity index (χ0n) is 8.09. The minimum Gasteiger partial charge on any atom is -0.392 e. The second kappa shape index (κ2) is 5.77. The van der Waals surface area contributed by atoms with Crippen LogP contribution in [0.5, 0.6) is 0 Å². The summed E-state index contributed by atoms with van der Waals surface area (Å²) in [6.45, 7) is 0.138. The van der Waals surface area contributed by atoms with Crippen molar-refractivity contribution in [1.29, 1.82) is 0 Å². The van der Waals surface area contributed by atoms with Gasteiger partial charge in [0.2, 0.25) is 0 Å². The van der Waals surface area contributed by atoms with E-state index in [1.165, 1.54) is 0 Å². The third-order valence-corrected chi connectivity index (χ3v) is 1.76. The average Bonchev–Trinajstić information content (AvgIpc) is 2.24. The van der Waals surface area contributed by atoms with Crippen LogP contribution in [0.15, 0.2) is 29.4 Å². The molecule has 0 radical (unpaired) electrons. The summed E-state index contributed by atoms with van der Waals surface area (Å²) in [5, 5.41) is 12.4. The monoisotopic (exact) mass is 208 g/mol. The molecule has 0 unspecified atom stereocenters. The van der Waals surface area contributed by atoms with E-state index in [4.69, 9.17) is 15.7 Å². The van der Waals surface area contributed by atoms with Gasteiger partial charge in [-0.3, -0.25) is 4.79 Å². The Bertz CT molecular complexity index is 363. The molecule has 0 atom stereocenters. The summed E-state index contributed by atoms with van der Waals surface area (Å²) >= 11 is 0. The van der Waals surface area contributed by atoms with Gasteiger partial charge in [0.25, 0.3) is 5.91 Å². The van der Waals surface area contributed by atoms with Crippen molar-refractivity contribution in [3.8, 4) is 0 Å². The van der Waals surface area contributed by atoms with Gasteiger partial charge in [-0.2, -0.15) is 0 Å². The number of nitrogens with two attached hydrogens (primary N) is 1. The number of aliphatic hydroxyl groups is 1. The van der Waals surface area contributed by atoms with Crippen molar-refractivity contribution in [3.63, 3.8) is 0 Å². The number of hydrogen-bond donors (Lipinski definition) is 2. The first-order chi connectivity index (χ1) is 7.24. The van der Waals surface area contributed by atoms with Crippen LogP contribution >= 0.6 is 0 Å². The number of amides is 1. The molecule has 1 amide bonds. The molecule has 1 rings (SSSR count). The Morgan fingerprint density at radius 3 is 2.73 bits per heavy atom. The van der Waals surface area contributed by atoms with Crippen LogP contribution in [0.2, 0.25) is 0 Å². The third-order valence-electron chi connectivity index (χ3n) is 1.76. The zero-order chi connectivity index (χ0) is 11.1. The summed E-state index contributed by atoms with van der Waals surface area (Å²) in [6, 6.07) is 7.25. The summed E-state index contributed by atoms with van der Waals surface area (Å²) in [7, 11) is 0. The fraction of sp³-hybridized carbons (Fsp3) is 0.200. The standard InChI is InChI=1S/C10H12N2O3/c11-10(14)5-12-15-7-9-4-2-1-3-8(9)6-13/h1-5,13H,6-7H2,(H2,11,14). The highest BCUT2D eigenvalue weighted by Gasteiger charge is 1.99. The van der Waals surface area contributed by atoms with E-state index in [-0.39, 0.29) is 13.2 Å². The lowest BCUT2D eigenvalue weighted by molar-refractivity contribution is -0.111. The van der Waals surface area contributed by atoms with E-state index in [1.807, 2.05) is 18.2 Å². The Morgan fingerprint density at radius 2 is 2.13 bits per heavy atom. The molecule has 0 spiro atoms. The van der Waals surface area contributed by atoms with E-state index in [9.17, 15) is 4.79 Å². The molecule has 15 heavy (non-hydrogen) atoms. The molecule has 0 aliphatic heterocycles. The molecule has 0 saturated heterocycles. The van der Waals surface area contributed by atoms with Gasteiger partial charge in [0.15, 0.2) is 0 Å². The number of primary amides is 1. The number of aliphatic hydroxyl groups excluding tert-OH is 1. The highest BCUT2D eigenvalue weighted by Crippen LogP contribution is 2.09. The molecule has 80 valence electrons. The van der Waals surface area contributed by atoms with Crippen molar-refractivity contribution >= 4 is 12.1 Å². The maximum atomic E-state index is 10.3. The highest BCUT2D eigenvalue weighted by atomic mass is 16.6. The second-order valence-electron chi connectivity index (χ2n) is 2.84. The van der Waals surface area contributed by atoms with Gasteiger partial charge in [0.1, 0.15) is 12.8 Å². The summed E-state index contributed by atoms with van der Waals surface area (Å²) in [5.74, 6) is -0.662. The van der Waals surface area contributed by atoms with Crippen LogP contribution in [0.4, 0.5) is 0 Å². The minimum atomic E-state index is -0.662. The predicted molar refractivity (Wildman–Crippen MR) is 54.8 cm³/mol. The van der Waals surface area contributed by atoms with Gasteiger partial charge in [0, 0.05) is 0 Å². The molecule has 5 heteroatoms. The van der Waals surface area contributed by atoms with E-state index < -0.39 is 5.91 Å². The van der Waals surface area contributed by atoms with Crippen molar-refractivity contribution < 1.29 is 14.7 Å². The minimum absolute atomic E-state index is 0.0565. The number of rotatable bonds is 5. The van der Waals surface area contributed by atoms with Gasteiger partial charge >= 0.3 is 0 Å². The number of nitrogens with zero attached hydrogens (tertiary/aromatic N) is 1. The highest BCUT2D eigenvalue weighted by molar-refractivity contribution is 6.25. The lowest BCUT2D eigenvalue weighted by Crippen LogP contribution is -2.11. The topological polar surface area (TPSA) is 84.9 Å². The Balaban J connectivity index is 2.53. The number of carbonyl (C=O) groups is 1. The van der Waals surface area contributed by atoms with Gasteiger partial charge in [-0.25, -0.2) is 0 Å². The molecule has 3 N–H and O–H groups in total. The SMILES string of the molecule is NC(=O)C=NOCc1ccccc1CO. The van der Waals surface area contributed by atoms with Crippen molar-refractivity contribution in [2.45, 2.75) is 13.2 Å². The quantitative estimate of drug-likeness (QED) is 0.534. The maximum absolute atomic E-state index is 10.3. The lowest BCUT2D eigenvalue weighted by Gasteiger charge is -2.04. The molecule has 0 saturated carbocycles. The maximum Gasteiger partial charge on any atom is 0.263 e. The normalized spacial score (nSPS) is 10.5. The first-order valence-corrected chi connectivity index (χ1v) is 4.36. The van der Waals surface area contributed by atoms with Crippen molar-refractivity contribution in [3.05, 3.63) is 35.4 Å². The summed E-state index contributed by atoms with van der Waals surface area (Å²) in [4.78, 5) is 15.1. The fourth-order valence-electron chi connectivity index (χ4n) is 1.05. The van der Waals surface area contributed by atoms with Crippen molar-refractivity contribution in [2.75, 3.05) is 0 Å². The van der Waals surface area contributed by atoms with Gasteiger partial charge < -0.3 is 15.7 Å². The van der Waals surface area contributed by atoms with Crippen molar-refractivity contribution in [1.82, 2.24) is 0 Å². The van der Waals surface area contributed by atoms with Crippen LogP contribution in [0.3, 0.4) is 0 Å². The lowest BCUT2D eigenvalue weighted by atomic mass is 10.1. The fourth-order valence-corrected chi connectivity index (χ4v) is 1.05. The first kappa shape index (κ1) is 11.2. The smallest absolute Gasteiger partial charge is 0.263 e. The van der Waals surface area contributed by atoms with Gasteiger partial charge in [0.05, 0.1) is 6.61 Å². The average molecular weight is 208 g/mol. The first-order valence-electron chi connectivity index (χ1n) is 4.36. The van der Waals surface area contributed by atoms with E-state index >= 15 is 0 Å². The molecule has 0 bridgehead atoms. The van der Waals surface area contributed by atoms with Crippen LogP contribution in [0.25, 0.3) is 0 Å². The van der Waals surface area contributed by atoms with Crippen LogP contribution in [-0.2, 0) is 22.8 Å². The Hall–Kier alpha value is -1.88. The molecule has 0 aromatic heterocycles. The predicted octanol–water partition coefficient (Wildman–Crippen LogP) is 0.167. The van der Waals surface area contributed by atoms with E-state index in [1.54, 1.807) is 6.07 Å². The summed E-state index contributed by atoms with van der Waals surface area (Å²) in [6.07, 6.45) is 0.890. The number of benzene rings is 1. The van der Waals surface area contributed by atoms with Gasteiger partial charge in [-0.05, 0) is 11.1 Å². The summed E-state index contributed by atoms with van der Waals surface area (Å²) < 4.78 is 0. The van der Waals surface area contributed by atoms with E-state index in [0.29, 0.717) is 0 Å². The molecule has 1 aromatic rings. The molecule has 0 aliphatic rings. The second-order valence-corrected chi connectivity index (χ2v) is 2.84. The van der Waals surface area contributed by atoms with Gasteiger partial charge in [-0.15, -0.1) is 0 Å². The zero-order valence-corrected chi connectivity index (χ0v) is 8.09. The largest absolute Gasteiger partial charge is 0.392 e. The Labute approximate surface area is 87.1 Å².